The molecule has 106 valence electrons. The van der Waals surface area contributed by atoms with E-state index >= 15 is 0 Å². The number of nitrogens with two attached hydrogens (primary N) is 1. The molecule has 0 fully saturated rings. The quantitative estimate of drug-likeness (QED) is 0.817. The van der Waals surface area contributed by atoms with Crippen LogP contribution in [0.5, 0.6) is 11.5 Å². The van der Waals surface area contributed by atoms with E-state index in [0.717, 1.165) is 14.7 Å². The van der Waals surface area contributed by atoms with Crippen LogP contribution in [-0.4, -0.2) is 14.2 Å². The van der Waals surface area contributed by atoms with Crippen molar-refractivity contribution in [2.24, 2.45) is 5.73 Å². The largest absolute Gasteiger partial charge is 0.497 e. The molecule has 20 heavy (non-hydrogen) atoms. The van der Waals surface area contributed by atoms with E-state index < -0.39 is 6.04 Å². The fraction of sp³-hybridized carbons (Fsp3) is 0.200. The molecule has 0 radical (unpaired) electrons. The van der Waals surface area contributed by atoms with Crippen LogP contribution in [0.1, 0.15) is 17.2 Å². The molecule has 2 rings (SSSR count). The lowest BCUT2D eigenvalue weighted by Gasteiger charge is -2.18. The molecule has 0 spiro atoms. The van der Waals surface area contributed by atoms with Crippen LogP contribution in [0.2, 0.25) is 0 Å². The molecule has 0 saturated carbocycles. The number of hydrogen-bond donors (Lipinski definition) is 1. The first-order valence-corrected chi connectivity index (χ1v) is 7.07. The van der Waals surface area contributed by atoms with E-state index in [2.05, 4.69) is 22.6 Å². The maximum absolute atomic E-state index is 13.2. The summed E-state index contributed by atoms with van der Waals surface area (Å²) in [6, 6.07) is 9.61. The summed E-state index contributed by atoms with van der Waals surface area (Å²) >= 11 is 2.08. The van der Waals surface area contributed by atoms with E-state index in [-0.39, 0.29) is 5.82 Å². The molecule has 5 heteroatoms. The Morgan fingerprint density at radius 1 is 1.05 bits per heavy atom. The van der Waals surface area contributed by atoms with Crippen LogP contribution in [0.15, 0.2) is 36.4 Å². The molecular weight excluding hydrogens is 372 g/mol. The van der Waals surface area contributed by atoms with Crippen molar-refractivity contribution in [3.8, 4) is 11.5 Å². The molecule has 0 amide bonds. The standard InChI is InChI=1S/C15H15FINO2/c1-19-10-4-6-14(20-2)12(8-10)15(18)11-5-3-9(16)7-13(11)17/h3-8,15H,18H2,1-2H3. The van der Waals surface area contributed by atoms with Gasteiger partial charge in [-0.25, -0.2) is 4.39 Å². The van der Waals surface area contributed by atoms with Gasteiger partial charge in [-0.2, -0.15) is 0 Å². The molecule has 0 aliphatic rings. The predicted molar refractivity (Wildman–Crippen MR) is 84.7 cm³/mol. The Hall–Kier alpha value is -1.34. The van der Waals surface area contributed by atoms with Gasteiger partial charge in [0, 0.05) is 9.13 Å². The van der Waals surface area contributed by atoms with Gasteiger partial charge < -0.3 is 15.2 Å². The molecule has 2 aromatic carbocycles. The lowest BCUT2D eigenvalue weighted by atomic mass is 9.98. The maximum Gasteiger partial charge on any atom is 0.124 e. The second-order valence-corrected chi connectivity index (χ2v) is 5.41. The van der Waals surface area contributed by atoms with Crippen molar-refractivity contribution >= 4 is 22.6 Å². The summed E-state index contributed by atoms with van der Waals surface area (Å²) in [5.74, 6) is 1.11. The first-order valence-electron chi connectivity index (χ1n) is 5.99. The van der Waals surface area contributed by atoms with E-state index in [1.54, 1.807) is 20.3 Å². The van der Waals surface area contributed by atoms with Gasteiger partial charge in [0.1, 0.15) is 17.3 Å². The number of hydrogen-bond acceptors (Lipinski definition) is 3. The smallest absolute Gasteiger partial charge is 0.124 e. The lowest BCUT2D eigenvalue weighted by molar-refractivity contribution is 0.397. The van der Waals surface area contributed by atoms with Crippen molar-refractivity contribution in [2.75, 3.05) is 14.2 Å². The minimum atomic E-state index is -0.410. The van der Waals surface area contributed by atoms with E-state index in [0.29, 0.717) is 11.5 Å². The van der Waals surface area contributed by atoms with Crippen LogP contribution >= 0.6 is 22.6 Å². The Morgan fingerprint density at radius 2 is 1.80 bits per heavy atom. The van der Waals surface area contributed by atoms with Gasteiger partial charge in [0.2, 0.25) is 0 Å². The first kappa shape index (κ1) is 15.1. The summed E-state index contributed by atoms with van der Waals surface area (Å²) in [5.41, 5.74) is 7.95. The van der Waals surface area contributed by atoms with Crippen molar-refractivity contribution in [1.82, 2.24) is 0 Å². The molecule has 2 N–H and O–H groups in total. The van der Waals surface area contributed by atoms with Gasteiger partial charge in [0.15, 0.2) is 0 Å². The highest BCUT2D eigenvalue weighted by Gasteiger charge is 2.17. The average Bonchev–Trinajstić information content (AvgIpc) is 2.46. The second kappa shape index (κ2) is 6.41. The zero-order valence-corrected chi connectivity index (χ0v) is 13.3. The maximum atomic E-state index is 13.2. The summed E-state index contributed by atoms with van der Waals surface area (Å²) < 4.78 is 24.5. The Kier molecular flexibility index (Phi) is 4.82. The van der Waals surface area contributed by atoms with Gasteiger partial charge in [-0.05, 0) is 58.5 Å². The first-order chi connectivity index (χ1) is 9.56. The van der Waals surface area contributed by atoms with Crippen molar-refractivity contribution in [3.63, 3.8) is 0 Å². The zero-order chi connectivity index (χ0) is 14.7. The highest BCUT2D eigenvalue weighted by molar-refractivity contribution is 14.1. The van der Waals surface area contributed by atoms with E-state index in [9.17, 15) is 4.39 Å². The molecule has 0 aliphatic carbocycles. The van der Waals surface area contributed by atoms with Crippen molar-refractivity contribution in [1.29, 1.82) is 0 Å². The Morgan fingerprint density at radius 3 is 2.40 bits per heavy atom. The lowest BCUT2D eigenvalue weighted by Crippen LogP contribution is -2.14. The highest BCUT2D eigenvalue weighted by atomic mass is 127. The molecule has 3 nitrogen and oxygen atoms in total. The van der Waals surface area contributed by atoms with Crippen LogP contribution < -0.4 is 15.2 Å². The zero-order valence-electron chi connectivity index (χ0n) is 11.2. The van der Waals surface area contributed by atoms with Crippen molar-refractivity contribution in [2.45, 2.75) is 6.04 Å². The molecule has 1 atom stereocenters. The normalized spacial score (nSPS) is 12.1. The van der Waals surface area contributed by atoms with E-state index in [1.165, 1.54) is 12.1 Å². The summed E-state index contributed by atoms with van der Waals surface area (Å²) in [6.45, 7) is 0. The van der Waals surface area contributed by atoms with Gasteiger partial charge in [0.25, 0.3) is 0 Å². The number of halogens is 2. The summed E-state index contributed by atoms with van der Waals surface area (Å²) in [7, 11) is 3.19. The van der Waals surface area contributed by atoms with Crippen LogP contribution in [-0.2, 0) is 0 Å². The minimum absolute atomic E-state index is 0.275. The third-order valence-corrected chi connectivity index (χ3v) is 4.00. The summed E-state index contributed by atoms with van der Waals surface area (Å²) in [4.78, 5) is 0. The molecule has 0 saturated heterocycles. The van der Waals surface area contributed by atoms with Crippen LogP contribution in [0.3, 0.4) is 0 Å². The Bertz CT molecular complexity index is 619. The molecule has 0 heterocycles. The highest BCUT2D eigenvalue weighted by Crippen LogP contribution is 2.33. The van der Waals surface area contributed by atoms with Gasteiger partial charge in [-0.15, -0.1) is 0 Å². The molecule has 0 aromatic heterocycles. The molecule has 0 aliphatic heterocycles. The SMILES string of the molecule is COc1ccc(OC)c(C(N)c2ccc(F)cc2I)c1. The average molecular weight is 387 g/mol. The van der Waals surface area contributed by atoms with Gasteiger partial charge in [-0.1, -0.05) is 6.07 Å². The predicted octanol–water partition coefficient (Wildman–Crippen LogP) is 3.50. The Labute approximate surface area is 131 Å². The number of rotatable bonds is 4. The fourth-order valence-corrected chi connectivity index (χ4v) is 2.82. The topological polar surface area (TPSA) is 44.5 Å². The number of benzene rings is 2. The fourth-order valence-electron chi connectivity index (χ4n) is 2.00. The van der Waals surface area contributed by atoms with Crippen LogP contribution in [0.25, 0.3) is 0 Å². The van der Waals surface area contributed by atoms with Gasteiger partial charge in [0.05, 0.1) is 20.3 Å². The second-order valence-electron chi connectivity index (χ2n) is 4.25. The van der Waals surface area contributed by atoms with Crippen molar-refractivity contribution in [3.05, 3.63) is 56.9 Å². The van der Waals surface area contributed by atoms with Crippen LogP contribution in [0, 0.1) is 9.39 Å². The molecule has 2 aromatic rings. The summed E-state index contributed by atoms with van der Waals surface area (Å²) in [6.07, 6.45) is 0. The third kappa shape index (κ3) is 3.04. The number of ether oxygens (including phenoxy) is 2. The molecule has 0 bridgehead atoms. The van der Waals surface area contributed by atoms with Gasteiger partial charge in [-0.3, -0.25) is 0 Å². The van der Waals surface area contributed by atoms with Crippen LogP contribution in [0.4, 0.5) is 4.39 Å². The monoisotopic (exact) mass is 387 g/mol. The summed E-state index contributed by atoms with van der Waals surface area (Å²) in [5, 5.41) is 0. The van der Waals surface area contributed by atoms with E-state index in [1.807, 2.05) is 18.2 Å². The molecule has 1 unspecified atom stereocenters. The van der Waals surface area contributed by atoms with Gasteiger partial charge >= 0.3 is 0 Å². The minimum Gasteiger partial charge on any atom is -0.497 e. The number of methoxy groups -OCH3 is 2. The van der Waals surface area contributed by atoms with E-state index in [4.69, 9.17) is 15.2 Å². The third-order valence-electron chi connectivity index (χ3n) is 3.07. The Balaban J connectivity index is 2.48. The molecular formula is C15H15FINO2. The van der Waals surface area contributed by atoms with Crippen molar-refractivity contribution < 1.29 is 13.9 Å².